The molecule has 1 N–H and O–H groups in total. The Morgan fingerprint density at radius 3 is 2.07 bits per heavy atom. The lowest BCUT2D eigenvalue weighted by Gasteiger charge is -2.19. The Bertz CT molecular complexity index is 259. The minimum absolute atomic E-state index is 0.00129. The Kier molecular flexibility index (Phi) is 4.07. The van der Waals surface area contributed by atoms with Crippen molar-refractivity contribution in [2.75, 3.05) is 13.7 Å². The molecule has 0 aliphatic carbocycles. The predicted octanol–water partition coefficient (Wildman–Crippen LogP) is -0.187. The summed E-state index contributed by atoms with van der Waals surface area (Å²) in [5, 5.41) is 8.73. The van der Waals surface area contributed by atoms with Crippen LogP contribution >= 0.6 is 0 Å². The molecule has 0 saturated heterocycles. The summed E-state index contributed by atoms with van der Waals surface area (Å²) in [6.45, 7) is 2.45. The number of carbonyl (C=O) groups excluding carboxylic acids is 2. The van der Waals surface area contributed by atoms with Crippen molar-refractivity contribution in [3.63, 3.8) is 0 Å². The van der Waals surface area contributed by atoms with E-state index in [0.717, 1.165) is 14.0 Å². The average Bonchev–Trinajstić information content (AvgIpc) is 2.15. The lowest BCUT2D eigenvalue weighted by molar-refractivity contribution is -0.178. The summed E-state index contributed by atoms with van der Waals surface area (Å²) in [5.74, 6) is -3.87. The van der Waals surface area contributed by atoms with Crippen molar-refractivity contribution in [2.45, 2.75) is 13.8 Å². The topological polar surface area (TPSA) is 89.9 Å². The van der Waals surface area contributed by atoms with Gasteiger partial charge in [-0.1, -0.05) is 0 Å². The lowest BCUT2D eigenvalue weighted by atomic mass is 9.91. The van der Waals surface area contributed by atoms with Crippen LogP contribution in [-0.4, -0.2) is 36.7 Å². The number of aliphatic carboxylic acids is 1. The van der Waals surface area contributed by atoms with Gasteiger partial charge in [-0.3, -0.25) is 14.4 Å². The summed E-state index contributed by atoms with van der Waals surface area (Å²) >= 11 is 0. The highest BCUT2D eigenvalue weighted by atomic mass is 16.6. The molecule has 1 atom stereocenters. The molecule has 14 heavy (non-hydrogen) atoms. The number of hydrogen-bond acceptors (Lipinski definition) is 5. The van der Waals surface area contributed by atoms with Gasteiger partial charge in [-0.2, -0.15) is 0 Å². The van der Waals surface area contributed by atoms with Crippen LogP contribution in [0.5, 0.6) is 0 Å². The summed E-state index contributed by atoms with van der Waals surface area (Å²) in [6.07, 6.45) is 0. The maximum atomic E-state index is 11.2. The number of methoxy groups -OCH3 is 1. The van der Waals surface area contributed by atoms with Crippen LogP contribution in [0.1, 0.15) is 13.8 Å². The summed E-state index contributed by atoms with van der Waals surface area (Å²) in [4.78, 5) is 33.0. The molecule has 0 aromatic rings. The fourth-order valence-corrected chi connectivity index (χ4v) is 0.738. The standard InChI is InChI=1S/C8H12O6/c1-4-14-7(12)8(2,5(9)10)6(11)13-3/h4H2,1-3H3,(H,9,10). The number of carboxylic acid groups (broad SMARTS) is 1. The van der Waals surface area contributed by atoms with Gasteiger partial charge in [0.05, 0.1) is 13.7 Å². The van der Waals surface area contributed by atoms with Crippen molar-refractivity contribution in [1.82, 2.24) is 0 Å². The van der Waals surface area contributed by atoms with Gasteiger partial charge in [0, 0.05) is 0 Å². The van der Waals surface area contributed by atoms with Gasteiger partial charge in [-0.15, -0.1) is 0 Å². The lowest BCUT2D eigenvalue weighted by Crippen LogP contribution is -2.45. The smallest absolute Gasteiger partial charge is 0.334 e. The Labute approximate surface area is 80.8 Å². The molecule has 0 amide bonds. The van der Waals surface area contributed by atoms with Crippen LogP contribution in [0.2, 0.25) is 0 Å². The van der Waals surface area contributed by atoms with Crippen LogP contribution < -0.4 is 0 Å². The molecular formula is C8H12O6. The summed E-state index contributed by atoms with van der Waals surface area (Å²) in [5.41, 5.74) is -2.29. The molecule has 0 aromatic carbocycles. The highest BCUT2D eigenvalue weighted by Crippen LogP contribution is 2.20. The van der Waals surface area contributed by atoms with E-state index in [1.807, 2.05) is 0 Å². The van der Waals surface area contributed by atoms with Crippen molar-refractivity contribution >= 4 is 17.9 Å². The van der Waals surface area contributed by atoms with Gasteiger partial charge in [0.25, 0.3) is 5.41 Å². The molecule has 80 valence electrons. The molecule has 1 unspecified atom stereocenters. The quantitative estimate of drug-likeness (QED) is 0.504. The maximum absolute atomic E-state index is 11.2. The first-order valence-electron chi connectivity index (χ1n) is 3.90. The zero-order chi connectivity index (χ0) is 11.4. The predicted molar refractivity (Wildman–Crippen MR) is 44.4 cm³/mol. The molecule has 0 heterocycles. The van der Waals surface area contributed by atoms with Crippen molar-refractivity contribution in [3.8, 4) is 0 Å². The molecule has 0 rings (SSSR count). The van der Waals surface area contributed by atoms with Crippen LogP contribution in [0.4, 0.5) is 0 Å². The van der Waals surface area contributed by atoms with E-state index in [1.54, 1.807) is 0 Å². The van der Waals surface area contributed by atoms with Gasteiger partial charge < -0.3 is 14.6 Å². The van der Waals surface area contributed by atoms with Gasteiger partial charge in [0.15, 0.2) is 0 Å². The third-order valence-corrected chi connectivity index (χ3v) is 1.71. The Balaban J connectivity index is 5.00. The number of rotatable bonds is 4. The second-order valence-corrected chi connectivity index (χ2v) is 2.64. The summed E-state index contributed by atoms with van der Waals surface area (Å²) < 4.78 is 8.69. The van der Waals surface area contributed by atoms with Gasteiger partial charge in [0.2, 0.25) is 0 Å². The fraction of sp³-hybridized carbons (Fsp3) is 0.625. The Hall–Kier alpha value is -1.59. The molecule has 0 bridgehead atoms. The minimum atomic E-state index is -2.29. The summed E-state index contributed by atoms with van der Waals surface area (Å²) in [6, 6.07) is 0. The first-order chi connectivity index (χ1) is 6.41. The Morgan fingerprint density at radius 2 is 1.79 bits per heavy atom. The molecule has 0 fully saturated rings. The van der Waals surface area contributed by atoms with Crippen molar-refractivity contribution in [2.24, 2.45) is 5.41 Å². The van der Waals surface area contributed by atoms with Crippen molar-refractivity contribution in [3.05, 3.63) is 0 Å². The highest BCUT2D eigenvalue weighted by Gasteiger charge is 2.51. The van der Waals surface area contributed by atoms with Crippen molar-refractivity contribution < 1.29 is 29.0 Å². The molecule has 0 aromatic heterocycles. The zero-order valence-electron chi connectivity index (χ0n) is 8.20. The number of esters is 2. The number of hydrogen-bond donors (Lipinski definition) is 1. The molecule has 0 saturated carbocycles. The van der Waals surface area contributed by atoms with E-state index >= 15 is 0 Å². The second kappa shape index (κ2) is 4.59. The monoisotopic (exact) mass is 204 g/mol. The summed E-state index contributed by atoms with van der Waals surface area (Å²) in [7, 11) is 1.00. The van der Waals surface area contributed by atoms with Gasteiger partial charge in [0.1, 0.15) is 0 Å². The molecule has 6 heteroatoms. The van der Waals surface area contributed by atoms with Crippen LogP contribution in [0.25, 0.3) is 0 Å². The first-order valence-corrected chi connectivity index (χ1v) is 3.90. The molecule has 0 spiro atoms. The van der Waals surface area contributed by atoms with Crippen LogP contribution in [0.15, 0.2) is 0 Å². The molecule has 0 aliphatic rings. The molecule has 6 nitrogen and oxygen atoms in total. The molecular weight excluding hydrogens is 192 g/mol. The number of carbonyl (C=O) groups is 3. The van der Waals surface area contributed by atoms with Crippen LogP contribution in [0, 0.1) is 5.41 Å². The van der Waals surface area contributed by atoms with Gasteiger partial charge in [-0.05, 0) is 13.8 Å². The van der Waals surface area contributed by atoms with E-state index < -0.39 is 23.3 Å². The largest absolute Gasteiger partial charge is 0.480 e. The third-order valence-electron chi connectivity index (χ3n) is 1.71. The highest BCUT2D eigenvalue weighted by molar-refractivity contribution is 6.16. The van der Waals surface area contributed by atoms with Gasteiger partial charge in [-0.25, -0.2) is 0 Å². The SMILES string of the molecule is CCOC(=O)C(C)(C(=O)O)C(=O)OC. The fourth-order valence-electron chi connectivity index (χ4n) is 0.738. The Morgan fingerprint density at radius 1 is 1.29 bits per heavy atom. The minimum Gasteiger partial charge on any atom is -0.480 e. The van der Waals surface area contributed by atoms with Gasteiger partial charge >= 0.3 is 17.9 Å². The maximum Gasteiger partial charge on any atom is 0.334 e. The van der Waals surface area contributed by atoms with Crippen LogP contribution in [0.3, 0.4) is 0 Å². The van der Waals surface area contributed by atoms with E-state index in [4.69, 9.17) is 5.11 Å². The van der Waals surface area contributed by atoms with E-state index in [9.17, 15) is 14.4 Å². The average molecular weight is 204 g/mol. The number of carboxylic acids is 1. The second-order valence-electron chi connectivity index (χ2n) is 2.64. The molecule has 0 aliphatic heterocycles. The zero-order valence-corrected chi connectivity index (χ0v) is 8.20. The molecule has 0 radical (unpaired) electrons. The van der Waals surface area contributed by atoms with E-state index in [0.29, 0.717) is 0 Å². The normalized spacial score (nSPS) is 13.9. The van der Waals surface area contributed by atoms with E-state index in [1.165, 1.54) is 6.92 Å². The van der Waals surface area contributed by atoms with E-state index in [-0.39, 0.29) is 6.61 Å². The van der Waals surface area contributed by atoms with Crippen molar-refractivity contribution in [1.29, 1.82) is 0 Å². The first kappa shape index (κ1) is 12.4. The van der Waals surface area contributed by atoms with Crippen LogP contribution in [-0.2, 0) is 23.9 Å². The van der Waals surface area contributed by atoms with E-state index in [2.05, 4.69) is 9.47 Å². The third kappa shape index (κ3) is 2.01. The number of ether oxygens (including phenoxy) is 2.